The van der Waals surface area contributed by atoms with Crippen LogP contribution in [-0.4, -0.2) is 38.0 Å². The molecule has 3 heterocycles. The summed E-state index contributed by atoms with van der Waals surface area (Å²) in [6, 6.07) is 11.5. The second-order valence-electron chi connectivity index (χ2n) is 5.96. The van der Waals surface area contributed by atoms with Crippen molar-refractivity contribution in [2.75, 3.05) is 12.4 Å². The molecule has 12 heteroatoms. The highest BCUT2D eigenvalue weighted by Gasteiger charge is 2.14. The first-order valence-electron chi connectivity index (χ1n) is 8.70. The third-order valence-corrected chi connectivity index (χ3v) is 7.37. The number of benzene rings is 1. The maximum absolute atomic E-state index is 12.6. The molecule has 0 saturated heterocycles. The van der Waals surface area contributed by atoms with Gasteiger partial charge in [-0.2, -0.15) is 5.10 Å². The normalized spacial score (nSPS) is 10.8. The van der Waals surface area contributed by atoms with E-state index in [1.54, 1.807) is 34.8 Å². The molecule has 0 aliphatic carbocycles. The van der Waals surface area contributed by atoms with E-state index < -0.39 is 0 Å². The van der Waals surface area contributed by atoms with Gasteiger partial charge in [-0.05, 0) is 47.9 Å². The molecule has 154 valence electrons. The Hall–Kier alpha value is -2.54. The average molecular weight is 477 g/mol. The molecule has 30 heavy (non-hydrogen) atoms. The molecule has 4 aromatic rings. The molecule has 8 nitrogen and oxygen atoms in total. The Balaban J connectivity index is 1.41. The molecule has 3 aromatic heterocycles. The van der Waals surface area contributed by atoms with Crippen LogP contribution in [0.3, 0.4) is 0 Å². The third kappa shape index (κ3) is 4.95. The van der Waals surface area contributed by atoms with Crippen LogP contribution in [0.15, 0.2) is 46.1 Å². The van der Waals surface area contributed by atoms with E-state index in [1.807, 2.05) is 35.7 Å². The van der Waals surface area contributed by atoms with Crippen LogP contribution in [0, 0.1) is 4.77 Å². The number of hydrogen-bond donors (Lipinski definition) is 2. The molecule has 2 N–H and O–H groups in total. The lowest BCUT2D eigenvalue weighted by molar-refractivity contribution is -0.116. The zero-order chi connectivity index (χ0) is 20.9. The van der Waals surface area contributed by atoms with Crippen LogP contribution >= 0.6 is 46.7 Å². The number of ether oxygens (including phenoxy) is 1. The Morgan fingerprint density at radius 3 is 2.87 bits per heavy atom. The predicted octanol–water partition coefficient (Wildman–Crippen LogP) is 4.46. The first-order valence-corrected chi connectivity index (χ1v) is 11.8. The standard InChI is InChI=1S/C18H16N6O2S4/c1-26-12-6-4-11(5-7-12)15-20-22-17(27)24(15)9-14(25)19-16-21-23-18(30-16)29-10-13-3-2-8-28-13/h2-8H,9-10H2,1H3,(H,22,27)(H,19,21,25). The molecule has 0 spiro atoms. The number of rotatable bonds is 8. The zero-order valence-electron chi connectivity index (χ0n) is 15.7. The molecule has 1 amide bonds. The number of H-pyrrole nitrogens is 1. The summed E-state index contributed by atoms with van der Waals surface area (Å²) in [5.74, 6) is 1.88. The van der Waals surface area contributed by atoms with Gasteiger partial charge >= 0.3 is 0 Å². The molecule has 0 aliphatic heterocycles. The van der Waals surface area contributed by atoms with Gasteiger partial charge in [-0.1, -0.05) is 29.2 Å². The number of aromatic amines is 1. The lowest BCUT2D eigenvalue weighted by Gasteiger charge is -2.07. The van der Waals surface area contributed by atoms with Crippen molar-refractivity contribution in [2.24, 2.45) is 0 Å². The summed E-state index contributed by atoms with van der Waals surface area (Å²) in [5, 5.41) is 20.5. The number of methoxy groups -OCH3 is 1. The molecule has 0 unspecified atom stereocenters. The first kappa shape index (κ1) is 20.7. The maximum Gasteiger partial charge on any atom is 0.246 e. The molecular weight excluding hydrogens is 461 g/mol. The van der Waals surface area contributed by atoms with Crippen LogP contribution in [0.4, 0.5) is 5.13 Å². The van der Waals surface area contributed by atoms with Crippen molar-refractivity contribution in [3.63, 3.8) is 0 Å². The van der Waals surface area contributed by atoms with E-state index in [-0.39, 0.29) is 12.5 Å². The van der Waals surface area contributed by atoms with Crippen molar-refractivity contribution in [3.8, 4) is 17.1 Å². The van der Waals surface area contributed by atoms with Gasteiger partial charge in [-0.25, -0.2) is 0 Å². The summed E-state index contributed by atoms with van der Waals surface area (Å²) < 4.78 is 7.98. The van der Waals surface area contributed by atoms with E-state index in [4.69, 9.17) is 17.0 Å². The maximum atomic E-state index is 12.6. The van der Waals surface area contributed by atoms with Crippen molar-refractivity contribution in [1.29, 1.82) is 0 Å². The number of nitrogens with zero attached hydrogens (tertiary/aromatic N) is 4. The van der Waals surface area contributed by atoms with Crippen LogP contribution in [0.2, 0.25) is 0 Å². The number of thiophene rings is 1. The summed E-state index contributed by atoms with van der Waals surface area (Å²) in [6.45, 7) is 0.00788. The Bertz CT molecular complexity index is 1180. The fraction of sp³-hybridized carbons (Fsp3) is 0.167. The van der Waals surface area contributed by atoms with E-state index in [2.05, 4.69) is 31.8 Å². The molecule has 0 aliphatic rings. The fourth-order valence-corrected chi connectivity index (χ4v) is 5.31. The number of carbonyl (C=O) groups excluding carboxylic acids is 1. The van der Waals surface area contributed by atoms with Crippen LogP contribution in [0.5, 0.6) is 5.75 Å². The summed E-state index contributed by atoms with van der Waals surface area (Å²) in [6.07, 6.45) is 0. The van der Waals surface area contributed by atoms with Gasteiger partial charge in [0.25, 0.3) is 0 Å². The second kappa shape index (κ2) is 9.51. The van der Waals surface area contributed by atoms with E-state index >= 15 is 0 Å². The smallest absolute Gasteiger partial charge is 0.246 e. The molecule has 0 bridgehead atoms. The highest BCUT2D eigenvalue weighted by atomic mass is 32.2. The highest BCUT2D eigenvalue weighted by molar-refractivity contribution is 8.00. The number of aromatic nitrogens is 5. The van der Waals surface area contributed by atoms with Gasteiger partial charge in [0.05, 0.1) is 7.11 Å². The van der Waals surface area contributed by atoms with Crippen LogP contribution in [-0.2, 0) is 17.1 Å². The monoisotopic (exact) mass is 476 g/mol. The summed E-state index contributed by atoms with van der Waals surface area (Å²) in [5.41, 5.74) is 0.819. The van der Waals surface area contributed by atoms with Crippen molar-refractivity contribution in [3.05, 3.63) is 51.4 Å². The summed E-state index contributed by atoms with van der Waals surface area (Å²) >= 11 is 9.94. The molecular formula is C18H16N6O2S4. The average Bonchev–Trinajstić information content (AvgIpc) is 3.50. The van der Waals surface area contributed by atoms with E-state index in [1.165, 1.54) is 16.2 Å². The van der Waals surface area contributed by atoms with Crippen molar-refractivity contribution < 1.29 is 9.53 Å². The number of thioether (sulfide) groups is 1. The molecule has 0 fully saturated rings. The number of hydrogen-bond acceptors (Lipinski definition) is 9. The predicted molar refractivity (Wildman–Crippen MR) is 122 cm³/mol. The van der Waals surface area contributed by atoms with Crippen molar-refractivity contribution >= 4 is 57.7 Å². The van der Waals surface area contributed by atoms with E-state index in [9.17, 15) is 4.79 Å². The Morgan fingerprint density at radius 1 is 1.30 bits per heavy atom. The molecule has 0 atom stereocenters. The van der Waals surface area contributed by atoms with Gasteiger partial charge in [0, 0.05) is 16.2 Å². The van der Waals surface area contributed by atoms with Gasteiger partial charge in [0.15, 0.2) is 14.9 Å². The minimum atomic E-state index is -0.256. The lowest BCUT2D eigenvalue weighted by Crippen LogP contribution is -2.19. The second-order valence-corrected chi connectivity index (χ2v) is 9.58. The molecule has 0 saturated carbocycles. The van der Waals surface area contributed by atoms with E-state index in [0.29, 0.717) is 15.7 Å². The summed E-state index contributed by atoms with van der Waals surface area (Å²) in [4.78, 5) is 13.8. The minimum Gasteiger partial charge on any atom is -0.497 e. The van der Waals surface area contributed by atoms with Gasteiger partial charge in [0.2, 0.25) is 11.0 Å². The van der Waals surface area contributed by atoms with Gasteiger partial charge < -0.3 is 4.74 Å². The quantitative estimate of drug-likeness (QED) is 0.220. The van der Waals surface area contributed by atoms with Crippen molar-refractivity contribution in [1.82, 2.24) is 25.0 Å². The Labute approximate surface area is 189 Å². The Morgan fingerprint density at radius 2 is 2.13 bits per heavy atom. The number of amides is 1. The van der Waals surface area contributed by atoms with Crippen LogP contribution < -0.4 is 10.1 Å². The van der Waals surface area contributed by atoms with Gasteiger partial charge in [-0.3, -0.25) is 19.8 Å². The number of anilines is 1. The minimum absolute atomic E-state index is 0.00788. The van der Waals surface area contributed by atoms with Crippen LogP contribution in [0.1, 0.15) is 4.88 Å². The Kier molecular flexibility index (Phi) is 6.57. The van der Waals surface area contributed by atoms with Crippen molar-refractivity contribution in [2.45, 2.75) is 16.6 Å². The topological polar surface area (TPSA) is 97.7 Å². The largest absolute Gasteiger partial charge is 0.497 e. The highest BCUT2D eigenvalue weighted by Crippen LogP contribution is 2.29. The lowest BCUT2D eigenvalue weighted by atomic mass is 10.2. The fourth-order valence-electron chi connectivity index (χ4n) is 2.57. The molecule has 4 rings (SSSR count). The van der Waals surface area contributed by atoms with E-state index in [0.717, 1.165) is 21.4 Å². The third-order valence-electron chi connectivity index (χ3n) is 3.98. The van der Waals surface area contributed by atoms with Crippen LogP contribution in [0.25, 0.3) is 11.4 Å². The zero-order valence-corrected chi connectivity index (χ0v) is 19.0. The SMILES string of the molecule is COc1ccc(-c2n[nH]c(=S)n2CC(=O)Nc2nnc(SCc3cccs3)s2)cc1. The first-order chi connectivity index (χ1) is 14.6. The molecule has 1 aromatic carbocycles. The molecule has 0 radical (unpaired) electrons. The summed E-state index contributed by atoms with van der Waals surface area (Å²) in [7, 11) is 1.61. The number of carbonyl (C=O) groups is 1. The van der Waals surface area contributed by atoms with Gasteiger partial charge in [0.1, 0.15) is 12.3 Å². The van der Waals surface area contributed by atoms with Gasteiger partial charge in [-0.15, -0.1) is 21.5 Å². The number of nitrogens with one attached hydrogen (secondary N) is 2.